The molecule has 0 radical (unpaired) electrons. The molecule has 1 heteroatoms. The summed E-state index contributed by atoms with van der Waals surface area (Å²) >= 11 is 0. The van der Waals surface area contributed by atoms with E-state index in [1.54, 1.807) is 0 Å². The highest BCUT2D eigenvalue weighted by Gasteiger charge is 2.38. The molecule has 0 spiro atoms. The fourth-order valence-corrected chi connectivity index (χ4v) is 2.38. The topological polar surface area (TPSA) is 20.2 Å². The maximum absolute atomic E-state index is 9.49. The zero-order valence-corrected chi connectivity index (χ0v) is 8.80. The Labute approximate surface area is 76.2 Å². The van der Waals surface area contributed by atoms with Gasteiger partial charge in [-0.15, -0.1) is 0 Å². The summed E-state index contributed by atoms with van der Waals surface area (Å²) in [7, 11) is 0. The first-order chi connectivity index (χ1) is 5.47. The summed E-state index contributed by atoms with van der Waals surface area (Å²) in [4.78, 5) is 0. The van der Waals surface area contributed by atoms with Gasteiger partial charge in [0.2, 0.25) is 0 Å². The van der Waals surface area contributed by atoms with Gasteiger partial charge in [0.25, 0.3) is 0 Å². The van der Waals surface area contributed by atoms with Crippen LogP contribution in [-0.4, -0.2) is 11.2 Å². The molecule has 12 heavy (non-hydrogen) atoms. The number of aliphatic hydroxyl groups is 1. The molecule has 0 aliphatic heterocycles. The second-order valence-electron chi connectivity index (χ2n) is 4.99. The van der Waals surface area contributed by atoms with Crippen LogP contribution in [0.3, 0.4) is 0 Å². The molecule has 0 aromatic rings. The van der Waals surface area contributed by atoms with E-state index < -0.39 is 0 Å². The van der Waals surface area contributed by atoms with Gasteiger partial charge in [0.1, 0.15) is 0 Å². The van der Waals surface area contributed by atoms with Gasteiger partial charge in [0.05, 0.1) is 6.10 Å². The highest BCUT2D eigenvalue weighted by molar-refractivity contribution is 4.89. The van der Waals surface area contributed by atoms with Gasteiger partial charge in [0.15, 0.2) is 0 Å². The van der Waals surface area contributed by atoms with Gasteiger partial charge in [-0.2, -0.15) is 0 Å². The molecule has 1 rings (SSSR count). The third-order valence-corrected chi connectivity index (χ3v) is 4.09. The Kier molecular flexibility index (Phi) is 2.82. The zero-order chi connectivity index (χ0) is 9.35. The Balaban J connectivity index is 2.66. The summed E-state index contributed by atoms with van der Waals surface area (Å²) in [6, 6.07) is 0. The van der Waals surface area contributed by atoms with Gasteiger partial charge in [-0.25, -0.2) is 0 Å². The standard InChI is InChI=1S/C11H22O/c1-8(2)11(4)6-5-10(12)7-9(11)3/h8-10,12H,5-7H2,1-4H3. The quantitative estimate of drug-likeness (QED) is 0.641. The lowest BCUT2D eigenvalue weighted by molar-refractivity contribution is -0.00117. The van der Waals surface area contributed by atoms with Crippen LogP contribution in [0.5, 0.6) is 0 Å². The summed E-state index contributed by atoms with van der Waals surface area (Å²) in [5, 5.41) is 9.49. The molecule has 72 valence electrons. The van der Waals surface area contributed by atoms with Crippen molar-refractivity contribution in [1.82, 2.24) is 0 Å². The molecule has 1 fully saturated rings. The maximum Gasteiger partial charge on any atom is 0.0543 e. The van der Waals surface area contributed by atoms with Crippen LogP contribution in [-0.2, 0) is 0 Å². The molecular weight excluding hydrogens is 148 g/mol. The van der Waals surface area contributed by atoms with Crippen LogP contribution in [0, 0.1) is 17.3 Å². The summed E-state index contributed by atoms with van der Waals surface area (Å²) in [5.74, 6) is 1.40. The predicted octanol–water partition coefficient (Wildman–Crippen LogP) is 2.83. The van der Waals surface area contributed by atoms with Crippen molar-refractivity contribution in [3.8, 4) is 0 Å². The minimum Gasteiger partial charge on any atom is -0.393 e. The Morgan fingerprint density at radius 3 is 2.42 bits per heavy atom. The number of hydrogen-bond acceptors (Lipinski definition) is 1. The average Bonchev–Trinajstić information content (AvgIpc) is 1.97. The third kappa shape index (κ3) is 1.66. The van der Waals surface area contributed by atoms with Gasteiger partial charge >= 0.3 is 0 Å². The number of rotatable bonds is 1. The van der Waals surface area contributed by atoms with Crippen LogP contribution >= 0.6 is 0 Å². The largest absolute Gasteiger partial charge is 0.393 e. The molecule has 0 heterocycles. The summed E-state index contributed by atoms with van der Waals surface area (Å²) < 4.78 is 0. The van der Waals surface area contributed by atoms with E-state index in [1.165, 1.54) is 6.42 Å². The van der Waals surface area contributed by atoms with Crippen LogP contribution in [0.4, 0.5) is 0 Å². The van der Waals surface area contributed by atoms with E-state index in [2.05, 4.69) is 27.7 Å². The summed E-state index contributed by atoms with van der Waals surface area (Å²) in [6.45, 7) is 9.25. The van der Waals surface area contributed by atoms with Gasteiger partial charge in [-0.05, 0) is 36.5 Å². The van der Waals surface area contributed by atoms with Crippen LogP contribution < -0.4 is 0 Å². The first-order valence-electron chi connectivity index (χ1n) is 5.15. The number of aliphatic hydroxyl groups excluding tert-OH is 1. The Morgan fingerprint density at radius 1 is 1.42 bits per heavy atom. The van der Waals surface area contributed by atoms with Crippen molar-refractivity contribution in [2.75, 3.05) is 0 Å². The molecular formula is C11H22O. The molecule has 1 aliphatic rings. The molecule has 0 bridgehead atoms. The number of hydrogen-bond donors (Lipinski definition) is 1. The second-order valence-corrected chi connectivity index (χ2v) is 4.99. The predicted molar refractivity (Wildman–Crippen MR) is 52.0 cm³/mol. The zero-order valence-electron chi connectivity index (χ0n) is 8.80. The van der Waals surface area contributed by atoms with E-state index in [1.807, 2.05) is 0 Å². The van der Waals surface area contributed by atoms with Crippen molar-refractivity contribution in [3.05, 3.63) is 0 Å². The minimum absolute atomic E-state index is 0.0353. The van der Waals surface area contributed by atoms with E-state index in [4.69, 9.17) is 0 Å². The molecule has 1 N–H and O–H groups in total. The molecule has 1 aliphatic carbocycles. The lowest BCUT2D eigenvalue weighted by Crippen LogP contribution is -2.38. The fraction of sp³-hybridized carbons (Fsp3) is 1.00. The Morgan fingerprint density at radius 2 is 2.00 bits per heavy atom. The molecule has 0 amide bonds. The first kappa shape index (κ1) is 10.0. The molecule has 3 unspecified atom stereocenters. The molecule has 3 atom stereocenters. The second kappa shape index (κ2) is 3.37. The van der Waals surface area contributed by atoms with Gasteiger partial charge in [-0.1, -0.05) is 27.7 Å². The monoisotopic (exact) mass is 170 g/mol. The van der Waals surface area contributed by atoms with Gasteiger partial charge in [0, 0.05) is 0 Å². The van der Waals surface area contributed by atoms with Crippen LogP contribution in [0.2, 0.25) is 0 Å². The van der Waals surface area contributed by atoms with E-state index in [9.17, 15) is 5.11 Å². The maximum atomic E-state index is 9.49. The van der Waals surface area contributed by atoms with Crippen LogP contribution in [0.1, 0.15) is 47.0 Å². The summed E-state index contributed by atoms with van der Waals surface area (Å²) in [5.41, 5.74) is 0.458. The summed E-state index contributed by atoms with van der Waals surface area (Å²) in [6.07, 6.45) is 3.15. The molecule has 1 saturated carbocycles. The highest BCUT2D eigenvalue weighted by atomic mass is 16.3. The fourth-order valence-electron chi connectivity index (χ4n) is 2.38. The lowest BCUT2D eigenvalue weighted by atomic mass is 9.62. The minimum atomic E-state index is -0.0353. The molecule has 0 saturated heterocycles. The Bertz CT molecular complexity index is 153. The van der Waals surface area contributed by atoms with E-state index in [-0.39, 0.29) is 6.10 Å². The third-order valence-electron chi connectivity index (χ3n) is 4.09. The smallest absolute Gasteiger partial charge is 0.0543 e. The van der Waals surface area contributed by atoms with E-state index in [0.717, 1.165) is 18.8 Å². The van der Waals surface area contributed by atoms with Crippen LogP contribution in [0.25, 0.3) is 0 Å². The first-order valence-corrected chi connectivity index (χ1v) is 5.15. The van der Waals surface area contributed by atoms with Crippen molar-refractivity contribution in [2.45, 2.75) is 53.1 Å². The highest BCUT2D eigenvalue weighted by Crippen LogP contribution is 2.45. The molecule has 0 aromatic heterocycles. The lowest BCUT2D eigenvalue weighted by Gasteiger charge is -2.44. The van der Waals surface area contributed by atoms with Crippen LogP contribution in [0.15, 0.2) is 0 Å². The average molecular weight is 170 g/mol. The molecule has 0 aromatic carbocycles. The normalized spacial score (nSPS) is 43.5. The van der Waals surface area contributed by atoms with Gasteiger partial charge in [-0.3, -0.25) is 0 Å². The van der Waals surface area contributed by atoms with Gasteiger partial charge < -0.3 is 5.11 Å². The van der Waals surface area contributed by atoms with Crippen molar-refractivity contribution in [2.24, 2.45) is 17.3 Å². The van der Waals surface area contributed by atoms with E-state index in [0.29, 0.717) is 11.3 Å². The van der Waals surface area contributed by atoms with Crippen molar-refractivity contribution >= 4 is 0 Å². The van der Waals surface area contributed by atoms with Crippen molar-refractivity contribution in [3.63, 3.8) is 0 Å². The molecule has 1 nitrogen and oxygen atoms in total. The Hall–Kier alpha value is -0.0400. The van der Waals surface area contributed by atoms with Crippen molar-refractivity contribution in [1.29, 1.82) is 0 Å². The van der Waals surface area contributed by atoms with Crippen molar-refractivity contribution < 1.29 is 5.11 Å². The SMILES string of the molecule is CC(C)C1(C)CCC(O)CC1C. The van der Waals surface area contributed by atoms with E-state index >= 15 is 0 Å².